The van der Waals surface area contributed by atoms with Crippen LogP contribution in [-0.4, -0.2) is 0 Å². The summed E-state index contributed by atoms with van der Waals surface area (Å²) in [6.07, 6.45) is 0.639. The predicted octanol–water partition coefficient (Wildman–Crippen LogP) is 4.14. The summed E-state index contributed by atoms with van der Waals surface area (Å²) in [5.74, 6) is -0.211. The first kappa shape index (κ1) is 13.2. The molecule has 2 N–H and O–H groups in total. The molecular weight excluding hydrogens is 293 g/mol. The highest BCUT2D eigenvalue weighted by molar-refractivity contribution is 9.10. The summed E-state index contributed by atoms with van der Waals surface area (Å²) < 4.78 is 14.2. The van der Waals surface area contributed by atoms with Crippen molar-refractivity contribution in [1.29, 1.82) is 0 Å². The van der Waals surface area contributed by atoms with Crippen LogP contribution in [0.2, 0.25) is 0 Å². The summed E-state index contributed by atoms with van der Waals surface area (Å²) in [6, 6.07) is 12.6. The van der Waals surface area contributed by atoms with Gasteiger partial charge in [0.05, 0.1) is 0 Å². The van der Waals surface area contributed by atoms with Gasteiger partial charge in [0.15, 0.2) is 0 Å². The molecule has 0 fully saturated rings. The van der Waals surface area contributed by atoms with E-state index in [0.29, 0.717) is 6.42 Å². The summed E-state index contributed by atoms with van der Waals surface area (Å²) in [5.41, 5.74) is 9.25. The predicted molar refractivity (Wildman–Crippen MR) is 75.9 cm³/mol. The standard InChI is InChI=1S/C15H15BrFN/c1-10-5-6-14(17)8-12(10)9-15(18)11-3-2-4-13(16)7-11/h2-8,15H,9,18H2,1H3. The normalized spacial score (nSPS) is 12.4. The Labute approximate surface area is 115 Å². The van der Waals surface area contributed by atoms with E-state index in [1.165, 1.54) is 6.07 Å². The number of nitrogens with two attached hydrogens (primary N) is 1. The molecule has 0 aliphatic heterocycles. The molecule has 0 heterocycles. The van der Waals surface area contributed by atoms with E-state index in [4.69, 9.17) is 5.73 Å². The smallest absolute Gasteiger partial charge is 0.123 e. The molecular formula is C15H15BrFN. The van der Waals surface area contributed by atoms with Gasteiger partial charge in [-0.3, -0.25) is 0 Å². The summed E-state index contributed by atoms with van der Waals surface area (Å²) in [7, 11) is 0. The molecule has 2 aromatic rings. The van der Waals surface area contributed by atoms with Gasteiger partial charge in [0.1, 0.15) is 5.82 Å². The highest BCUT2D eigenvalue weighted by atomic mass is 79.9. The highest BCUT2D eigenvalue weighted by Gasteiger charge is 2.10. The molecule has 0 aliphatic carbocycles. The summed E-state index contributed by atoms with van der Waals surface area (Å²) in [4.78, 5) is 0. The lowest BCUT2D eigenvalue weighted by Crippen LogP contribution is -2.14. The zero-order chi connectivity index (χ0) is 13.1. The molecule has 18 heavy (non-hydrogen) atoms. The average molecular weight is 308 g/mol. The van der Waals surface area contributed by atoms with Gasteiger partial charge in [-0.05, 0) is 54.3 Å². The SMILES string of the molecule is Cc1ccc(F)cc1CC(N)c1cccc(Br)c1. The molecule has 2 aromatic carbocycles. The van der Waals surface area contributed by atoms with Crippen molar-refractivity contribution in [1.82, 2.24) is 0 Å². The van der Waals surface area contributed by atoms with E-state index in [9.17, 15) is 4.39 Å². The topological polar surface area (TPSA) is 26.0 Å². The Hall–Kier alpha value is -1.19. The Morgan fingerprint density at radius 2 is 2.00 bits per heavy atom. The fourth-order valence-electron chi connectivity index (χ4n) is 1.95. The van der Waals surface area contributed by atoms with E-state index in [0.717, 1.165) is 21.2 Å². The van der Waals surface area contributed by atoms with Crippen LogP contribution in [0.15, 0.2) is 46.9 Å². The molecule has 1 atom stereocenters. The molecule has 0 saturated carbocycles. The largest absolute Gasteiger partial charge is 0.324 e. The van der Waals surface area contributed by atoms with Crippen molar-refractivity contribution in [2.24, 2.45) is 5.73 Å². The summed E-state index contributed by atoms with van der Waals surface area (Å²) >= 11 is 3.43. The quantitative estimate of drug-likeness (QED) is 0.906. The molecule has 0 aromatic heterocycles. The molecule has 0 amide bonds. The van der Waals surface area contributed by atoms with E-state index in [2.05, 4.69) is 15.9 Å². The number of rotatable bonds is 3. The lowest BCUT2D eigenvalue weighted by molar-refractivity contribution is 0.621. The minimum Gasteiger partial charge on any atom is -0.324 e. The van der Waals surface area contributed by atoms with Gasteiger partial charge in [0, 0.05) is 10.5 Å². The van der Waals surface area contributed by atoms with Crippen molar-refractivity contribution in [3.05, 3.63) is 69.4 Å². The highest BCUT2D eigenvalue weighted by Crippen LogP contribution is 2.21. The lowest BCUT2D eigenvalue weighted by atomic mass is 9.97. The van der Waals surface area contributed by atoms with Crippen LogP contribution in [0.4, 0.5) is 4.39 Å². The van der Waals surface area contributed by atoms with Crippen LogP contribution in [0.1, 0.15) is 22.7 Å². The second kappa shape index (κ2) is 5.63. The maximum atomic E-state index is 13.2. The third-order valence-electron chi connectivity index (χ3n) is 3.03. The van der Waals surface area contributed by atoms with Crippen molar-refractivity contribution in [2.75, 3.05) is 0 Å². The number of hydrogen-bond acceptors (Lipinski definition) is 1. The summed E-state index contributed by atoms with van der Waals surface area (Å²) in [6.45, 7) is 1.97. The Morgan fingerprint density at radius 1 is 1.22 bits per heavy atom. The minimum atomic E-state index is -0.211. The van der Waals surface area contributed by atoms with E-state index in [-0.39, 0.29) is 11.9 Å². The number of hydrogen-bond donors (Lipinski definition) is 1. The Morgan fingerprint density at radius 3 is 2.72 bits per heavy atom. The molecule has 94 valence electrons. The second-order valence-electron chi connectivity index (χ2n) is 4.44. The van der Waals surface area contributed by atoms with Crippen molar-refractivity contribution in [3.8, 4) is 0 Å². The molecule has 1 unspecified atom stereocenters. The van der Waals surface area contributed by atoms with Crippen LogP contribution in [-0.2, 0) is 6.42 Å². The monoisotopic (exact) mass is 307 g/mol. The van der Waals surface area contributed by atoms with Gasteiger partial charge >= 0.3 is 0 Å². The second-order valence-corrected chi connectivity index (χ2v) is 5.35. The van der Waals surface area contributed by atoms with E-state index < -0.39 is 0 Å². The minimum absolute atomic E-state index is 0.122. The maximum Gasteiger partial charge on any atom is 0.123 e. The zero-order valence-electron chi connectivity index (χ0n) is 10.2. The van der Waals surface area contributed by atoms with Gasteiger partial charge < -0.3 is 5.73 Å². The summed E-state index contributed by atoms with van der Waals surface area (Å²) in [5, 5.41) is 0. The maximum absolute atomic E-state index is 13.2. The molecule has 0 radical (unpaired) electrons. The van der Waals surface area contributed by atoms with E-state index in [1.807, 2.05) is 31.2 Å². The first-order chi connectivity index (χ1) is 8.56. The van der Waals surface area contributed by atoms with Crippen molar-refractivity contribution in [3.63, 3.8) is 0 Å². The van der Waals surface area contributed by atoms with Crippen LogP contribution in [0, 0.1) is 12.7 Å². The molecule has 0 spiro atoms. The Balaban J connectivity index is 2.21. The van der Waals surface area contributed by atoms with Crippen molar-refractivity contribution in [2.45, 2.75) is 19.4 Å². The van der Waals surface area contributed by atoms with E-state index in [1.54, 1.807) is 12.1 Å². The van der Waals surface area contributed by atoms with Crippen LogP contribution < -0.4 is 5.73 Å². The Bertz CT molecular complexity index is 554. The zero-order valence-corrected chi connectivity index (χ0v) is 11.7. The van der Waals surface area contributed by atoms with Gasteiger partial charge in [-0.15, -0.1) is 0 Å². The van der Waals surface area contributed by atoms with Gasteiger partial charge in [-0.25, -0.2) is 4.39 Å². The molecule has 0 bridgehead atoms. The van der Waals surface area contributed by atoms with Crippen molar-refractivity contribution < 1.29 is 4.39 Å². The van der Waals surface area contributed by atoms with Crippen LogP contribution in [0.5, 0.6) is 0 Å². The van der Waals surface area contributed by atoms with Gasteiger partial charge in [0.2, 0.25) is 0 Å². The van der Waals surface area contributed by atoms with Crippen LogP contribution in [0.3, 0.4) is 0 Å². The molecule has 1 nitrogen and oxygen atoms in total. The molecule has 2 rings (SSSR count). The molecule has 3 heteroatoms. The first-order valence-electron chi connectivity index (χ1n) is 5.82. The molecule has 0 aliphatic rings. The van der Waals surface area contributed by atoms with Crippen molar-refractivity contribution >= 4 is 15.9 Å². The van der Waals surface area contributed by atoms with Gasteiger partial charge in [-0.1, -0.05) is 34.1 Å². The molecule has 0 saturated heterocycles. The van der Waals surface area contributed by atoms with Crippen LogP contribution >= 0.6 is 15.9 Å². The number of halogens is 2. The third-order valence-corrected chi connectivity index (χ3v) is 3.52. The fraction of sp³-hybridized carbons (Fsp3) is 0.200. The fourth-order valence-corrected chi connectivity index (χ4v) is 2.37. The van der Waals surface area contributed by atoms with Crippen LogP contribution in [0.25, 0.3) is 0 Å². The lowest BCUT2D eigenvalue weighted by Gasteiger charge is -2.14. The average Bonchev–Trinajstić information content (AvgIpc) is 2.34. The number of aryl methyl sites for hydroxylation is 1. The first-order valence-corrected chi connectivity index (χ1v) is 6.61. The van der Waals surface area contributed by atoms with Gasteiger partial charge in [-0.2, -0.15) is 0 Å². The number of benzene rings is 2. The third kappa shape index (κ3) is 3.18. The van der Waals surface area contributed by atoms with E-state index >= 15 is 0 Å². The van der Waals surface area contributed by atoms with Gasteiger partial charge in [0.25, 0.3) is 0 Å². The Kier molecular flexibility index (Phi) is 4.15.